The summed E-state index contributed by atoms with van der Waals surface area (Å²) in [7, 11) is -3.10. The van der Waals surface area contributed by atoms with Gasteiger partial charge in [-0.25, -0.2) is 4.18 Å². The van der Waals surface area contributed by atoms with Crippen molar-refractivity contribution in [2.45, 2.75) is 11.9 Å². The molecule has 1 fully saturated rings. The van der Waals surface area contributed by atoms with Gasteiger partial charge in [-0.1, -0.05) is 0 Å². The standard InChI is InChI=1S/C3H5ClO3S/c4-2-1-3-7-8(3,5)6/h3H,1-2H2. The van der Waals surface area contributed by atoms with Crippen molar-refractivity contribution in [3.63, 3.8) is 0 Å². The predicted molar refractivity (Wildman–Crippen MR) is 29.1 cm³/mol. The van der Waals surface area contributed by atoms with E-state index in [4.69, 9.17) is 11.6 Å². The average Bonchev–Trinajstić information content (AvgIpc) is 2.15. The Morgan fingerprint density at radius 1 is 1.62 bits per heavy atom. The summed E-state index contributed by atoms with van der Waals surface area (Å²) in [5.41, 5.74) is -0.597. The quantitative estimate of drug-likeness (QED) is 0.427. The molecule has 1 aliphatic heterocycles. The maximum Gasteiger partial charge on any atom is 0.297 e. The normalized spacial score (nSPS) is 32.4. The van der Waals surface area contributed by atoms with E-state index in [1.165, 1.54) is 0 Å². The van der Waals surface area contributed by atoms with Gasteiger partial charge in [-0.2, -0.15) is 8.42 Å². The molecule has 1 heterocycles. The molecule has 0 radical (unpaired) electrons. The molecule has 1 unspecified atom stereocenters. The lowest BCUT2D eigenvalue weighted by atomic mass is 10.5. The molecular weight excluding hydrogens is 152 g/mol. The Balaban J connectivity index is 2.38. The van der Waals surface area contributed by atoms with Gasteiger partial charge in [0.05, 0.1) is 0 Å². The van der Waals surface area contributed by atoms with Crippen LogP contribution >= 0.6 is 11.6 Å². The minimum absolute atomic E-state index is 0.337. The molecule has 1 aliphatic rings. The summed E-state index contributed by atoms with van der Waals surface area (Å²) in [4.78, 5) is 0. The van der Waals surface area contributed by atoms with Crippen LogP contribution in [0.5, 0.6) is 0 Å². The van der Waals surface area contributed by atoms with Crippen LogP contribution in [0, 0.1) is 0 Å². The Morgan fingerprint density at radius 2 is 2.12 bits per heavy atom. The first kappa shape index (κ1) is 6.32. The second-order valence-electron chi connectivity index (χ2n) is 1.50. The lowest BCUT2D eigenvalue weighted by molar-refractivity contribution is 0.439. The predicted octanol–water partition coefficient (Wildman–Crippen LogP) is 0.301. The number of hydrogen-bond donors (Lipinski definition) is 0. The molecule has 0 saturated carbocycles. The fourth-order valence-electron chi connectivity index (χ4n) is 0.408. The first-order valence-electron chi connectivity index (χ1n) is 2.15. The van der Waals surface area contributed by atoms with Gasteiger partial charge in [0.25, 0.3) is 10.1 Å². The van der Waals surface area contributed by atoms with Crippen molar-refractivity contribution >= 4 is 21.7 Å². The lowest BCUT2D eigenvalue weighted by Gasteiger charge is -1.74. The molecule has 0 aromatic heterocycles. The van der Waals surface area contributed by atoms with E-state index >= 15 is 0 Å². The monoisotopic (exact) mass is 156 g/mol. The molecule has 0 bridgehead atoms. The van der Waals surface area contributed by atoms with Gasteiger partial charge in [0.1, 0.15) is 0 Å². The van der Waals surface area contributed by atoms with Crippen LogP contribution < -0.4 is 0 Å². The fourth-order valence-corrected chi connectivity index (χ4v) is 1.69. The van der Waals surface area contributed by atoms with E-state index < -0.39 is 15.6 Å². The third kappa shape index (κ3) is 1.13. The SMILES string of the molecule is O=S1(=O)OC1CCCl. The Kier molecular flexibility index (Phi) is 1.47. The van der Waals surface area contributed by atoms with Crippen molar-refractivity contribution in [1.82, 2.24) is 0 Å². The van der Waals surface area contributed by atoms with Crippen LogP contribution in [0.3, 0.4) is 0 Å². The van der Waals surface area contributed by atoms with Gasteiger partial charge >= 0.3 is 0 Å². The number of alkyl halides is 1. The van der Waals surface area contributed by atoms with Crippen LogP contribution in [0.4, 0.5) is 0 Å². The average molecular weight is 157 g/mol. The van der Waals surface area contributed by atoms with E-state index in [9.17, 15) is 8.42 Å². The second-order valence-corrected chi connectivity index (χ2v) is 3.58. The van der Waals surface area contributed by atoms with Gasteiger partial charge in [-0.15, -0.1) is 11.6 Å². The van der Waals surface area contributed by atoms with Crippen molar-refractivity contribution < 1.29 is 12.6 Å². The number of hydrogen-bond acceptors (Lipinski definition) is 3. The molecule has 48 valence electrons. The fraction of sp³-hybridized carbons (Fsp3) is 1.00. The topological polar surface area (TPSA) is 46.7 Å². The highest BCUT2D eigenvalue weighted by atomic mass is 35.5. The van der Waals surface area contributed by atoms with E-state index in [-0.39, 0.29) is 0 Å². The first-order chi connectivity index (χ1) is 3.67. The van der Waals surface area contributed by atoms with Crippen LogP contribution in [0.2, 0.25) is 0 Å². The number of halogens is 1. The molecule has 0 spiro atoms. The first-order valence-corrected chi connectivity index (χ1v) is 4.15. The third-order valence-electron chi connectivity index (χ3n) is 0.870. The largest absolute Gasteiger partial charge is 0.297 e. The van der Waals surface area contributed by atoms with Crippen molar-refractivity contribution in [2.75, 3.05) is 5.88 Å². The summed E-state index contributed by atoms with van der Waals surface area (Å²) in [6.45, 7) is 0. The Labute approximate surface area is 52.7 Å². The summed E-state index contributed by atoms with van der Waals surface area (Å²) < 4.78 is 24.6. The molecular formula is C3H5ClO3S. The highest BCUT2D eigenvalue weighted by Crippen LogP contribution is 2.27. The van der Waals surface area contributed by atoms with Crippen molar-refractivity contribution in [3.8, 4) is 0 Å². The van der Waals surface area contributed by atoms with E-state index in [0.717, 1.165) is 0 Å². The highest BCUT2D eigenvalue weighted by Gasteiger charge is 2.44. The lowest BCUT2D eigenvalue weighted by Crippen LogP contribution is -1.87. The van der Waals surface area contributed by atoms with Gasteiger partial charge in [0.15, 0.2) is 0 Å². The zero-order valence-electron chi connectivity index (χ0n) is 4.00. The van der Waals surface area contributed by atoms with Crippen LogP contribution in [0.25, 0.3) is 0 Å². The summed E-state index contributed by atoms with van der Waals surface area (Å²) in [6, 6.07) is 0. The van der Waals surface area contributed by atoms with E-state index in [0.29, 0.717) is 12.3 Å². The molecule has 3 nitrogen and oxygen atoms in total. The molecule has 0 aromatic rings. The van der Waals surface area contributed by atoms with Gasteiger partial charge < -0.3 is 0 Å². The maximum absolute atomic E-state index is 10.2. The van der Waals surface area contributed by atoms with Crippen molar-refractivity contribution in [3.05, 3.63) is 0 Å². The van der Waals surface area contributed by atoms with Crippen LogP contribution in [-0.4, -0.2) is 19.7 Å². The van der Waals surface area contributed by atoms with E-state index in [2.05, 4.69) is 4.18 Å². The molecule has 8 heavy (non-hydrogen) atoms. The summed E-state index contributed by atoms with van der Waals surface area (Å²) in [6.07, 6.45) is 0.407. The third-order valence-corrected chi connectivity index (χ3v) is 2.38. The van der Waals surface area contributed by atoms with Gasteiger partial charge in [0.2, 0.25) is 5.44 Å². The zero-order chi connectivity index (χ0) is 6.20. The summed E-state index contributed by atoms with van der Waals surface area (Å²) in [5, 5.41) is 0. The molecule has 5 heteroatoms. The molecule has 0 N–H and O–H groups in total. The molecule has 1 saturated heterocycles. The van der Waals surface area contributed by atoms with Crippen molar-refractivity contribution in [2.24, 2.45) is 0 Å². The van der Waals surface area contributed by atoms with E-state index in [1.807, 2.05) is 0 Å². The van der Waals surface area contributed by atoms with Crippen LogP contribution in [0.1, 0.15) is 6.42 Å². The van der Waals surface area contributed by atoms with Crippen molar-refractivity contribution in [1.29, 1.82) is 0 Å². The Hall–Kier alpha value is 0.200. The zero-order valence-corrected chi connectivity index (χ0v) is 5.57. The second kappa shape index (κ2) is 1.86. The van der Waals surface area contributed by atoms with Gasteiger partial charge in [-0.05, 0) is 0 Å². The Morgan fingerprint density at radius 3 is 2.25 bits per heavy atom. The smallest absolute Gasteiger partial charge is 0.246 e. The summed E-state index contributed by atoms with van der Waals surface area (Å²) >= 11 is 5.22. The molecule has 0 aromatic carbocycles. The van der Waals surface area contributed by atoms with Gasteiger partial charge in [0, 0.05) is 12.3 Å². The molecule has 1 rings (SSSR count). The minimum atomic E-state index is -3.10. The van der Waals surface area contributed by atoms with Gasteiger partial charge in [-0.3, -0.25) is 0 Å². The molecule has 1 atom stereocenters. The van der Waals surface area contributed by atoms with Crippen LogP contribution in [0.15, 0.2) is 0 Å². The highest BCUT2D eigenvalue weighted by molar-refractivity contribution is 7.92. The Bertz CT molecular complexity index is 173. The maximum atomic E-state index is 10.2. The summed E-state index contributed by atoms with van der Waals surface area (Å²) in [5.74, 6) is 0.337. The molecule has 0 amide bonds. The number of rotatable bonds is 2. The van der Waals surface area contributed by atoms with E-state index in [1.54, 1.807) is 0 Å². The minimum Gasteiger partial charge on any atom is -0.246 e. The van der Waals surface area contributed by atoms with Crippen LogP contribution in [-0.2, 0) is 14.3 Å². The molecule has 0 aliphatic carbocycles.